The fourth-order valence-electron chi connectivity index (χ4n) is 2.04. The highest BCUT2D eigenvalue weighted by Gasteiger charge is 2.33. The number of rotatable bonds is 3. The van der Waals surface area contributed by atoms with Gasteiger partial charge in [0.2, 0.25) is 0 Å². The van der Waals surface area contributed by atoms with Crippen molar-refractivity contribution in [3.8, 4) is 0 Å². The van der Waals surface area contributed by atoms with Crippen LogP contribution >= 0.6 is 0 Å². The molecule has 1 rings (SSSR count). The molecule has 2 unspecified atom stereocenters. The van der Waals surface area contributed by atoms with Crippen molar-refractivity contribution in [3.63, 3.8) is 0 Å². The molecule has 0 saturated heterocycles. The Balaban J connectivity index is 2.73. The summed E-state index contributed by atoms with van der Waals surface area (Å²) in [7, 11) is 0. The van der Waals surface area contributed by atoms with Gasteiger partial charge in [-0.3, -0.25) is 4.99 Å². The second kappa shape index (κ2) is 4.20. The van der Waals surface area contributed by atoms with E-state index in [9.17, 15) is 0 Å². The Labute approximate surface area is 87.4 Å². The molecule has 1 aliphatic heterocycles. The van der Waals surface area contributed by atoms with Gasteiger partial charge in [0.05, 0.1) is 12.6 Å². The van der Waals surface area contributed by atoms with E-state index in [4.69, 9.17) is 5.73 Å². The van der Waals surface area contributed by atoms with E-state index in [-0.39, 0.29) is 0 Å². The minimum Gasteiger partial charge on any atom is -0.370 e. The Hall–Kier alpha value is -0.730. The number of hydrogen-bond donors (Lipinski definition) is 1. The van der Waals surface area contributed by atoms with Crippen LogP contribution in [0.15, 0.2) is 4.99 Å². The summed E-state index contributed by atoms with van der Waals surface area (Å²) >= 11 is 0. The van der Waals surface area contributed by atoms with Crippen LogP contribution in [-0.2, 0) is 0 Å². The van der Waals surface area contributed by atoms with E-state index in [0.29, 0.717) is 23.9 Å². The Bertz CT molecular complexity index is 221. The van der Waals surface area contributed by atoms with Crippen LogP contribution in [0.25, 0.3) is 0 Å². The van der Waals surface area contributed by atoms with Gasteiger partial charge < -0.3 is 10.6 Å². The van der Waals surface area contributed by atoms with Crippen molar-refractivity contribution >= 4 is 5.96 Å². The molecule has 82 valence electrons. The molecule has 0 fully saturated rings. The number of nitrogens with two attached hydrogens (primary N) is 1. The second-order valence-corrected chi connectivity index (χ2v) is 4.87. The van der Waals surface area contributed by atoms with Gasteiger partial charge in [0, 0.05) is 6.04 Å². The van der Waals surface area contributed by atoms with Crippen molar-refractivity contribution in [2.75, 3.05) is 6.54 Å². The van der Waals surface area contributed by atoms with Gasteiger partial charge in [-0.15, -0.1) is 0 Å². The Morgan fingerprint density at radius 3 is 2.29 bits per heavy atom. The van der Waals surface area contributed by atoms with Crippen LogP contribution in [0.1, 0.15) is 34.6 Å². The van der Waals surface area contributed by atoms with Crippen molar-refractivity contribution in [1.29, 1.82) is 0 Å². The minimum atomic E-state index is 0.451. The summed E-state index contributed by atoms with van der Waals surface area (Å²) in [4.78, 5) is 6.60. The number of hydrogen-bond acceptors (Lipinski definition) is 3. The van der Waals surface area contributed by atoms with Crippen LogP contribution in [0, 0.1) is 11.8 Å². The minimum absolute atomic E-state index is 0.451. The highest BCUT2D eigenvalue weighted by Crippen LogP contribution is 2.24. The monoisotopic (exact) mass is 197 g/mol. The van der Waals surface area contributed by atoms with Gasteiger partial charge in [-0.25, -0.2) is 0 Å². The van der Waals surface area contributed by atoms with Gasteiger partial charge in [-0.05, 0) is 25.7 Å². The average Bonchev–Trinajstić information content (AvgIpc) is 2.45. The summed E-state index contributed by atoms with van der Waals surface area (Å²) in [5.74, 6) is 2.04. The molecule has 0 radical (unpaired) electrons. The van der Waals surface area contributed by atoms with Crippen LogP contribution < -0.4 is 5.73 Å². The maximum Gasteiger partial charge on any atom is 0.191 e. The van der Waals surface area contributed by atoms with Crippen LogP contribution in [0.2, 0.25) is 0 Å². The van der Waals surface area contributed by atoms with Gasteiger partial charge in [0.15, 0.2) is 5.96 Å². The standard InChI is InChI=1S/C11H23N3/c1-7(2)9(5)10-6-13-11(12)14(10)8(3)4/h7-10H,6H2,1-5H3,(H2,12,13). The van der Waals surface area contributed by atoms with Crippen LogP contribution in [0.5, 0.6) is 0 Å². The fourth-order valence-corrected chi connectivity index (χ4v) is 2.04. The Morgan fingerprint density at radius 1 is 1.29 bits per heavy atom. The van der Waals surface area contributed by atoms with E-state index >= 15 is 0 Å². The summed E-state index contributed by atoms with van der Waals surface area (Å²) in [5, 5.41) is 0. The lowest BCUT2D eigenvalue weighted by Gasteiger charge is -2.35. The number of nitrogens with zero attached hydrogens (tertiary/aromatic N) is 2. The molecule has 0 amide bonds. The molecule has 1 aliphatic rings. The predicted molar refractivity (Wildman–Crippen MR) is 61.3 cm³/mol. The van der Waals surface area contributed by atoms with E-state index in [1.54, 1.807) is 0 Å². The maximum atomic E-state index is 5.88. The van der Waals surface area contributed by atoms with Gasteiger partial charge >= 0.3 is 0 Å². The average molecular weight is 197 g/mol. The number of guanidine groups is 1. The van der Waals surface area contributed by atoms with E-state index in [2.05, 4.69) is 44.5 Å². The molecule has 0 aromatic heterocycles. The third kappa shape index (κ3) is 2.02. The van der Waals surface area contributed by atoms with Crippen molar-refractivity contribution in [1.82, 2.24) is 4.90 Å². The Morgan fingerprint density at radius 2 is 1.86 bits per heavy atom. The quantitative estimate of drug-likeness (QED) is 0.748. The lowest BCUT2D eigenvalue weighted by molar-refractivity contribution is 0.189. The Kier molecular flexibility index (Phi) is 3.40. The molecule has 0 spiro atoms. The molecule has 0 aromatic rings. The summed E-state index contributed by atoms with van der Waals surface area (Å²) in [6.45, 7) is 12.0. The molecule has 2 atom stereocenters. The smallest absolute Gasteiger partial charge is 0.191 e. The summed E-state index contributed by atoms with van der Waals surface area (Å²) in [6, 6.07) is 0.947. The van der Waals surface area contributed by atoms with E-state index in [0.717, 1.165) is 12.5 Å². The van der Waals surface area contributed by atoms with Crippen LogP contribution in [0.3, 0.4) is 0 Å². The SMILES string of the molecule is CC(C)C(C)C1CN=C(N)N1C(C)C. The first kappa shape index (κ1) is 11.3. The lowest BCUT2D eigenvalue weighted by atomic mass is 9.89. The first-order chi connectivity index (χ1) is 6.45. The summed E-state index contributed by atoms with van der Waals surface area (Å²) in [6.07, 6.45) is 0. The van der Waals surface area contributed by atoms with Crippen LogP contribution in [0.4, 0.5) is 0 Å². The molecule has 0 aliphatic carbocycles. The zero-order chi connectivity index (χ0) is 10.9. The third-order valence-corrected chi connectivity index (χ3v) is 3.28. The first-order valence-corrected chi connectivity index (χ1v) is 5.53. The highest BCUT2D eigenvalue weighted by molar-refractivity contribution is 5.80. The second-order valence-electron chi connectivity index (χ2n) is 4.87. The molecule has 1 heterocycles. The van der Waals surface area contributed by atoms with Crippen molar-refractivity contribution in [2.45, 2.75) is 46.7 Å². The van der Waals surface area contributed by atoms with Crippen molar-refractivity contribution in [2.24, 2.45) is 22.6 Å². The molecule has 14 heavy (non-hydrogen) atoms. The van der Waals surface area contributed by atoms with Crippen molar-refractivity contribution in [3.05, 3.63) is 0 Å². The highest BCUT2D eigenvalue weighted by atomic mass is 15.3. The molecule has 2 N–H and O–H groups in total. The summed E-state index contributed by atoms with van der Waals surface area (Å²) < 4.78 is 0. The maximum absolute atomic E-state index is 5.88. The molecule has 3 heteroatoms. The molecule has 3 nitrogen and oxygen atoms in total. The van der Waals surface area contributed by atoms with Gasteiger partial charge in [0.25, 0.3) is 0 Å². The molecular formula is C11H23N3. The van der Waals surface area contributed by atoms with E-state index < -0.39 is 0 Å². The first-order valence-electron chi connectivity index (χ1n) is 5.53. The van der Waals surface area contributed by atoms with E-state index in [1.165, 1.54) is 0 Å². The predicted octanol–water partition coefficient (Wildman–Crippen LogP) is 1.69. The lowest BCUT2D eigenvalue weighted by Crippen LogP contribution is -2.48. The number of aliphatic imine (C=N–C) groups is 1. The molecule has 0 aromatic carbocycles. The zero-order valence-corrected chi connectivity index (χ0v) is 9.99. The van der Waals surface area contributed by atoms with Gasteiger partial charge in [0.1, 0.15) is 0 Å². The van der Waals surface area contributed by atoms with Gasteiger partial charge in [-0.2, -0.15) is 0 Å². The topological polar surface area (TPSA) is 41.6 Å². The fraction of sp³-hybridized carbons (Fsp3) is 0.909. The van der Waals surface area contributed by atoms with E-state index in [1.807, 2.05) is 0 Å². The normalized spacial score (nSPS) is 24.6. The largest absolute Gasteiger partial charge is 0.370 e. The molecular weight excluding hydrogens is 174 g/mol. The zero-order valence-electron chi connectivity index (χ0n) is 9.99. The molecule has 0 bridgehead atoms. The van der Waals surface area contributed by atoms with Crippen LogP contribution in [-0.4, -0.2) is 29.5 Å². The molecule has 0 saturated carbocycles. The third-order valence-electron chi connectivity index (χ3n) is 3.28. The van der Waals surface area contributed by atoms with Gasteiger partial charge in [-0.1, -0.05) is 20.8 Å². The summed E-state index contributed by atoms with van der Waals surface area (Å²) in [5.41, 5.74) is 5.88. The van der Waals surface area contributed by atoms with Crippen molar-refractivity contribution < 1.29 is 0 Å².